The normalized spacial score (nSPS) is 23.8. The van der Waals surface area contributed by atoms with Gasteiger partial charge in [0.1, 0.15) is 11.9 Å². The zero-order valence-corrected chi connectivity index (χ0v) is 20.6. The molecule has 0 bridgehead atoms. The predicted octanol–water partition coefficient (Wildman–Crippen LogP) is 4.86. The van der Waals surface area contributed by atoms with Gasteiger partial charge in [-0.05, 0) is 42.5 Å². The molecule has 2 amide bonds. The molecule has 6 rings (SSSR count). The third-order valence-corrected chi connectivity index (χ3v) is 7.59. The Hall–Kier alpha value is -4.36. The summed E-state index contributed by atoms with van der Waals surface area (Å²) in [6.45, 7) is 0. The van der Waals surface area contributed by atoms with E-state index in [1.165, 1.54) is 24.3 Å². The van der Waals surface area contributed by atoms with Crippen LogP contribution in [0.3, 0.4) is 0 Å². The molecule has 38 heavy (non-hydrogen) atoms. The number of carbonyl (C=O) groups is 4. The summed E-state index contributed by atoms with van der Waals surface area (Å²) in [5.41, 5.74) is 0.992. The predicted molar refractivity (Wildman–Crippen MR) is 139 cm³/mol. The maximum absolute atomic E-state index is 14.7. The SMILES string of the molecule is O=C(C1=C[C@H]2[C@@H]3C(=O)N(c4ccccc4F)C(=O)[C@@H]3[C@H](C(=O)c3ccc(Cl)cc3)N2C=C1)c1ccccc1. The van der Waals surface area contributed by atoms with E-state index >= 15 is 0 Å². The highest BCUT2D eigenvalue weighted by Gasteiger charge is 2.63. The van der Waals surface area contributed by atoms with Gasteiger partial charge < -0.3 is 4.90 Å². The van der Waals surface area contributed by atoms with Crippen LogP contribution in [-0.4, -0.2) is 40.4 Å². The highest BCUT2D eigenvalue weighted by molar-refractivity contribution is 6.30. The fourth-order valence-corrected chi connectivity index (χ4v) is 5.74. The fourth-order valence-electron chi connectivity index (χ4n) is 5.61. The number of benzene rings is 3. The Morgan fingerprint density at radius 3 is 2.16 bits per heavy atom. The summed E-state index contributed by atoms with van der Waals surface area (Å²) >= 11 is 6.00. The number of imide groups is 1. The van der Waals surface area contributed by atoms with Gasteiger partial charge in [0.15, 0.2) is 11.6 Å². The van der Waals surface area contributed by atoms with Crippen molar-refractivity contribution in [1.29, 1.82) is 0 Å². The molecule has 0 unspecified atom stereocenters. The van der Waals surface area contributed by atoms with E-state index in [9.17, 15) is 23.6 Å². The minimum atomic E-state index is -1.07. The molecule has 3 aromatic rings. The second kappa shape index (κ2) is 9.19. The van der Waals surface area contributed by atoms with Crippen LogP contribution in [0.2, 0.25) is 5.02 Å². The summed E-state index contributed by atoms with van der Waals surface area (Å²) < 4.78 is 14.7. The lowest BCUT2D eigenvalue weighted by Gasteiger charge is -2.32. The first-order valence-corrected chi connectivity index (χ1v) is 12.4. The molecular formula is C30H20ClFN2O4. The lowest BCUT2D eigenvalue weighted by molar-refractivity contribution is -0.123. The van der Waals surface area contributed by atoms with Crippen molar-refractivity contribution in [2.75, 3.05) is 4.90 Å². The lowest BCUT2D eigenvalue weighted by Crippen LogP contribution is -2.46. The number of carbonyl (C=O) groups excluding carboxylic acids is 4. The van der Waals surface area contributed by atoms with E-state index in [-0.39, 0.29) is 17.3 Å². The molecule has 3 aliphatic rings. The standard InChI is InChI=1S/C30H20ClFN2O4/c31-20-12-10-18(11-13-20)28(36)26-25-24(29(37)34(30(25)38)22-9-5-4-8-21(22)32)23-16-19(14-15-33(23)26)27(35)17-6-2-1-3-7-17/h1-16,23-26H/t23-,24-,25-,26+/m0/s1. The van der Waals surface area contributed by atoms with Crippen LogP contribution in [0.25, 0.3) is 0 Å². The van der Waals surface area contributed by atoms with Crippen LogP contribution in [-0.2, 0) is 9.59 Å². The van der Waals surface area contributed by atoms with Crippen LogP contribution in [0.15, 0.2) is 103 Å². The Balaban J connectivity index is 1.44. The van der Waals surface area contributed by atoms with E-state index < -0.39 is 41.6 Å². The van der Waals surface area contributed by atoms with Gasteiger partial charge in [-0.1, -0.05) is 60.1 Å². The van der Waals surface area contributed by atoms with Gasteiger partial charge in [-0.3, -0.25) is 19.2 Å². The number of hydrogen-bond donors (Lipinski definition) is 0. The molecule has 0 radical (unpaired) electrons. The Labute approximate surface area is 222 Å². The number of anilines is 1. The number of halogens is 2. The Morgan fingerprint density at radius 1 is 0.789 bits per heavy atom. The number of para-hydroxylation sites is 1. The molecule has 3 heterocycles. The maximum Gasteiger partial charge on any atom is 0.240 e. The van der Waals surface area contributed by atoms with Gasteiger partial charge in [-0.25, -0.2) is 9.29 Å². The average molecular weight is 527 g/mol. The Kier molecular flexibility index (Phi) is 5.80. The summed E-state index contributed by atoms with van der Waals surface area (Å²) in [5, 5.41) is 0.450. The van der Waals surface area contributed by atoms with Gasteiger partial charge >= 0.3 is 0 Å². The molecule has 8 heteroatoms. The molecular weight excluding hydrogens is 507 g/mol. The van der Waals surface area contributed by atoms with E-state index in [0.717, 1.165) is 4.90 Å². The summed E-state index contributed by atoms with van der Waals surface area (Å²) in [4.78, 5) is 57.0. The zero-order chi connectivity index (χ0) is 26.6. The summed E-state index contributed by atoms with van der Waals surface area (Å²) in [7, 11) is 0. The van der Waals surface area contributed by atoms with Crippen molar-refractivity contribution in [3.8, 4) is 0 Å². The molecule has 0 N–H and O–H groups in total. The molecule has 2 fully saturated rings. The van der Waals surface area contributed by atoms with Crippen molar-refractivity contribution in [3.63, 3.8) is 0 Å². The molecule has 3 aromatic carbocycles. The number of ketones is 2. The van der Waals surface area contributed by atoms with Gasteiger partial charge in [0, 0.05) is 27.9 Å². The number of amides is 2. The molecule has 0 aromatic heterocycles. The first-order chi connectivity index (χ1) is 18.4. The van der Waals surface area contributed by atoms with Gasteiger partial charge in [-0.2, -0.15) is 0 Å². The number of hydrogen-bond acceptors (Lipinski definition) is 5. The summed E-state index contributed by atoms with van der Waals surface area (Å²) in [5.74, 6) is -4.63. The highest BCUT2D eigenvalue weighted by atomic mass is 35.5. The minimum absolute atomic E-state index is 0.156. The average Bonchev–Trinajstić information content (AvgIpc) is 3.41. The number of allylic oxidation sites excluding steroid dienone is 2. The van der Waals surface area contributed by atoms with Crippen molar-refractivity contribution in [3.05, 3.63) is 125 Å². The van der Waals surface area contributed by atoms with Crippen LogP contribution < -0.4 is 4.90 Å². The van der Waals surface area contributed by atoms with Crippen molar-refractivity contribution >= 4 is 40.7 Å². The topological polar surface area (TPSA) is 74.8 Å². The van der Waals surface area contributed by atoms with Gasteiger partial charge in [0.2, 0.25) is 11.8 Å². The highest BCUT2D eigenvalue weighted by Crippen LogP contribution is 2.47. The Bertz CT molecular complexity index is 1550. The van der Waals surface area contributed by atoms with Crippen LogP contribution in [0.5, 0.6) is 0 Å². The van der Waals surface area contributed by atoms with Crippen molar-refractivity contribution in [2.24, 2.45) is 11.8 Å². The fraction of sp³-hybridized carbons (Fsp3) is 0.133. The molecule has 0 spiro atoms. The largest absolute Gasteiger partial charge is 0.359 e. The van der Waals surface area contributed by atoms with Crippen LogP contribution in [0.4, 0.5) is 10.1 Å². The monoisotopic (exact) mass is 526 g/mol. The van der Waals surface area contributed by atoms with Crippen molar-refractivity contribution in [2.45, 2.75) is 12.1 Å². The molecule has 0 saturated carbocycles. The zero-order valence-electron chi connectivity index (χ0n) is 19.8. The minimum Gasteiger partial charge on any atom is -0.359 e. The molecule has 2 saturated heterocycles. The second-order valence-electron chi connectivity index (χ2n) is 9.40. The number of fused-ring (bicyclic) bond motifs is 3. The van der Waals surface area contributed by atoms with Gasteiger partial charge in [-0.15, -0.1) is 0 Å². The van der Waals surface area contributed by atoms with Crippen LogP contribution >= 0.6 is 11.6 Å². The summed E-state index contributed by atoms with van der Waals surface area (Å²) in [6, 6.07) is 18.8. The van der Waals surface area contributed by atoms with Crippen molar-refractivity contribution < 1.29 is 23.6 Å². The maximum atomic E-state index is 14.7. The number of rotatable bonds is 5. The Morgan fingerprint density at radius 2 is 1.45 bits per heavy atom. The van der Waals surface area contributed by atoms with E-state index in [1.807, 2.05) is 0 Å². The van der Waals surface area contributed by atoms with Crippen molar-refractivity contribution in [1.82, 2.24) is 4.90 Å². The number of nitrogens with zero attached hydrogens (tertiary/aromatic N) is 2. The molecule has 3 aliphatic heterocycles. The molecule has 4 atom stereocenters. The third-order valence-electron chi connectivity index (χ3n) is 7.34. The first-order valence-electron chi connectivity index (χ1n) is 12.1. The third kappa shape index (κ3) is 3.70. The second-order valence-corrected chi connectivity index (χ2v) is 9.84. The van der Waals surface area contributed by atoms with E-state index in [2.05, 4.69) is 0 Å². The molecule has 6 nitrogen and oxygen atoms in total. The van der Waals surface area contributed by atoms with Gasteiger partial charge in [0.25, 0.3) is 0 Å². The van der Waals surface area contributed by atoms with Crippen LogP contribution in [0, 0.1) is 17.7 Å². The quantitative estimate of drug-likeness (QED) is 0.351. The van der Waals surface area contributed by atoms with E-state index in [0.29, 0.717) is 21.7 Å². The van der Waals surface area contributed by atoms with Gasteiger partial charge in [0.05, 0.1) is 23.6 Å². The molecule has 0 aliphatic carbocycles. The number of Topliss-reactive ketones (excluding diaryl/α,β-unsaturated/α-hetero) is 2. The lowest BCUT2D eigenvalue weighted by atomic mass is 9.85. The van der Waals surface area contributed by atoms with Crippen LogP contribution in [0.1, 0.15) is 20.7 Å². The molecule has 188 valence electrons. The smallest absolute Gasteiger partial charge is 0.240 e. The first kappa shape index (κ1) is 24.0. The van der Waals surface area contributed by atoms with E-state index in [4.69, 9.17) is 11.6 Å². The van der Waals surface area contributed by atoms with E-state index in [1.54, 1.807) is 77.8 Å². The summed E-state index contributed by atoms with van der Waals surface area (Å²) in [6.07, 6.45) is 4.84.